The molecule has 0 radical (unpaired) electrons. The van der Waals surface area contributed by atoms with Gasteiger partial charge in [-0.2, -0.15) is 5.10 Å². The van der Waals surface area contributed by atoms with Gasteiger partial charge in [0.15, 0.2) is 17.3 Å². The van der Waals surface area contributed by atoms with Gasteiger partial charge in [0.2, 0.25) is 0 Å². The van der Waals surface area contributed by atoms with Gasteiger partial charge in [-0.15, -0.1) is 11.3 Å². The zero-order chi connectivity index (χ0) is 26.6. The molecule has 0 bridgehead atoms. The van der Waals surface area contributed by atoms with E-state index in [0.717, 1.165) is 21.7 Å². The Morgan fingerprint density at radius 2 is 1.97 bits per heavy atom. The van der Waals surface area contributed by atoms with Crippen molar-refractivity contribution < 1.29 is 24.5 Å². The van der Waals surface area contributed by atoms with Gasteiger partial charge in [-0.3, -0.25) is 4.79 Å². The van der Waals surface area contributed by atoms with Gasteiger partial charge in [0.25, 0.3) is 0 Å². The van der Waals surface area contributed by atoms with Gasteiger partial charge in [-0.1, -0.05) is 24.3 Å². The molecule has 0 amide bonds. The lowest BCUT2D eigenvalue weighted by molar-refractivity contribution is -0.116. The molecule has 2 unspecified atom stereocenters. The number of allylic oxidation sites excluding steroid dienone is 2. The number of aromatic carboxylic acids is 1. The van der Waals surface area contributed by atoms with E-state index in [1.807, 2.05) is 18.4 Å². The highest BCUT2D eigenvalue weighted by atomic mass is 32.1. The Labute approximate surface area is 222 Å². The predicted octanol–water partition coefficient (Wildman–Crippen LogP) is 5.61. The predicted molar refractivity (Wildman–Crippen MR) is 144 cm³/mol. The minimum Gasteiger partial charge on any atom is -0.504 e. The summed E-state index contributed by atoms with van der Waals surface area (Å²) in [6.07, 6.45) is 1.04. The number of aromatic hydroxyl groups is 1. The molecule has 38 heavy (non-hydrogen) atoms. The van der Waals surface area contributed by atoms with Gasteiger partial charge in [0.05, 0.1) is 24.1 Å². The maximum Gasteiger partial charge on any atom is 0.337 e. The van der Waals surface area contributed by atoms with E-state index < -0.39 is 11.9 Å². The lowest BCUT2D eigenvalue weighted by atomic mass is 9.73. The molecule has 0 saturated carbocycles. The van der Waals surface area contributed by atoms with Crippen molar-refractivity contribution in [3.63, 3.8) is 0 Å². The third kappa shape index (κ3) is 3.78. The fraction of sp³-hybridized carbons (Fsp3) is 0.207. The number of hydrogen-bond donors (Lipinski definition) is 3. The standard InChI is InChI=1S/C29H25N3O5S/c1-15-25-26(16-9-10-21(33)23(14-16)37-2)27-19(12-17(13-22(27)34)24-8-5-11-38-24)30-28(25)32(31-15)20-7-4-3-6-18(20)29(35)36/h3-11,14,17,26,30,33H,12-13H2,1-2H3,(H,35,36). The van der Waals surface area contributed by atoms with Crippen molar-refractivity contribution in [2.45, 2.75) is 31.6 Å². The number of Topliss-reactive ketones (excluding diaryl/α,β-unsaturated/α-hetero) is 1. The lowest BCUT2D eigenvalue weighted by Gasteiger charge is -2.35. The Morgan fingerprint density at radius 3 is 2.71 bits per heavy atom. The number of ether oxygens (including phenoxy) is 1. The minimum atomic E-state index is -1.05. The van der Waals surface area contributed by atoms with Crippen molar-refractivity contribution in [3.05, 3.63) is 98.5 Å². The molecule has 2 atom stereocenters. The van der Waals surface area contributed by atoms with E-state index in [0.29, 0.717) is 41.4 Å². The Morgan fingerprint density at radius 1 is 1.16 bits per heavy atom. The number of aromatic nitrogens is 2. The number of anilines is 1. The highest BCUT2D eigenvalue weighted by molar-refractivity contribution is 7.10. The number of nitrogens with one attached hydrogen (secondary N) is 1. The maximum absolute atomic E-state index is 13.8. The van der Waals surface area contributed by atoms with Crippen molar-refractivity contribution in [2.24, 2.45) is 0 Å². The summed E-state index contributed by atoms with van der Waals surface area (Å²) in [6.45, 7) is 1.86. The summed E-state index contributed by atoms with van der Waals surface area (Å²) >= 11 is 1.64. The number of aryl methyl sites for hydroxylation is 1. The fourth-order valence-corrected chi connectivity index (χ4v) is 6.45. The first-order chi connectivity index (χ1) is 18.4. The number of carbonyl (C=O) groups excluding carboxylic acids is 1. The van der Waals surface area contributed by atoms with Crippen molar-refractivity contribution in [1.82, 2.24) is 9.78 Å². The number of para-hydroxylation sites is 1. The topological polar surface area (TPSA) is 114 Å². The monoisotopic (exact) mass is 527 g/mol. The number of methoxy groups -OCH3 is 1. The molecule has 192 valence electrons. The molecule has 2 aromatic carbocycles. The number of rotatable bonds is 5. The molecule has 2 aromatic heterocycles. The van der Waals surface area contributed by atoms with E-state index >= 15 is 0 Å². The first-order valence-electron chi connectivity index (χ1n) is 12.2. The Kier molecular flexibility index (Phi) is 5.80. The number of nitrogens with zero attached hydrogens (tertiary/aromatic N) is 2. The van der Waals surface area contributed by atoms with E-state index in [2.05, 4.69) is 11.4 Å². The maximum atomic E-state index is 13.8. The van der Waals surface area contributed by atoms with Crippen LogP contribution in [0.5, 0.6) is 11.5 Å². The molecular weight excluding hydrogens is 502 g/mol. The van der Waals surface area contributed by atoms with Crippen LogP contribution in [-0.4, -0.2) is 38.9 Å². The average molecular weight is 528 g/mol. The SMILES string of the molecule is COc1cc(C2C3=C(CC(c4cccs4)CC3=O)Nc3c2c(C)nn3-c2ccccc2C(=O)O)ccc1O. The van der Waals surface area contributed by atoms with Crippen LogP contribution in [0, 0.1) is 6.92 Å². The van der Waals surface area contributed by atoms with Crippen LogP contribution in [-0.2, 0) is 4.79 Å². The van der Waals surface area contributed by atoms with Crippen molar-refractivity contribution in [2.75, 3.05) is 12.4 Å². The zero-order valence-corrected chi connectivity index (χ0v) is 21.6. The lowest BCUT2D eigenvalue weighted by Crippen LogP contribution is -2.30. The van der Waals surface area contributed by atoms with Crippen molar-refractivity contribution in [3.8, 4) is 17.2 Å². The smallest absolute Gasteiger partial charge is 0.337 e. The number of fused-ring (bicyclic) bond motifs is 1. The first kappa shape index (κ1) is 24.0. The number of benzene rings is 2. The number of phenolic OH excluding ortho intramolecular Hbond substituents is 1. The summed E-state index contributed by atoms with van der Waals surface area (Å²) in [7, 11) is 1.49. The van der Waals surface area contributed by atoms with Gasteiger partial charge in [0, 0.05) is 40.0 Å². The number of thiophene rings is 1. The second-order valence-corrected chi connectivity index (χ2v) is 10.5. The number of phenols is 1. The van der Waals surface area contributed by atoms with Crippen molar-refractivity contribution >= 4 is 28.9 Å². The van der Waals surface area contributed by atoms with Crippen LogP contribution in [0.25, 0.3) is 5.69 Å². The summed E-state index contributed by atoms with van der Waals surface area (Å²) in [5.41, 5.74) is 4.28. The third-order valence-corrected chi connectivity index (χ3v) is 8.34. The van der Waals surface area contributed by atoms with Crippen LogP contribution < -0.4 is 10.1 Å². The summed E-state index contributed by atoms with van der Waals surface area (Å²) in [4.78, 5) is 27.0. The molecule has 4 aromatic rings. The van der Waals surface area contributed by atoms with Crippen molar-refractivity contribution in [1.29, 1.82) is 0 Å². The molecule has 6 rings (SSSR count). The molecule has 8 nitrogen and oxygen atoms in total. The van der Waals surface area contributed by atoms with E-state index in [-0.39, 0.29) is 23.0 Å². The van der Waals surface area contributed by atoms with Gasteiger partial charge < -0.3 is 20.3 Å². The van der Waals surface area contributed by atoms with Crippen LogP contribution in [0.4, 0.5) is 5.82 Å². The van der Waals surface area contributed by atoms with Crippen LogP contribution in [0.2, 0.25) is 0 Å². The average Bonchev–Trinajstić information content (AvgIpc) is 3.56. The molecule has 1 aliphatic carbocycles. The fourth-order valence-electron chi connectivity index (χ4n) is 5.62. The van der Waals surface area contributed by atoms with E-state index in [9.17, 15) is 19.8 Å². The second-order valence-electron chi connectivity index (χ2n) is 9.51. The first-order valence-corrected chi connectivity index (χ1v) is 13.1. The van der Waals surface area contributed by atoms with Crippen LogP contribution in [0.1, 0.15) is 56.7 Å². The Balaban J connectivity index is 1.58. The molecule has 9 heteroatoms. The number of carboxylic acids is 1. The van der Waals surface area contributed by atoms with Gasteiger partial charge in [-0.05, 0) is 54.6 Å². The van der Waals surface area contributed by atoms with E-state index in [1.165, 1.54) is 7.11 Å². The van der Waals surface area contributed by atoms with E-state index in [1.54, 1.807) is 58.5 Å². The van der Waals surface area contributed by atoms with E-state index in [4.69, 9.17) is 9.84 Å². The summed E-state index contributed by atoms with van der Waals surface area (Å²) < 4.78 is 7.02. The normalized spacial score (nSPS) is 18.5. The Bertz CT molecular complexity index is 1620. The largest absolute Gasteiger partial charge is 0.504 e. The summed E-state index contributed by atoms with van der Waals surface area (Å²) in [6, 6.07) is 15.9. The molecule has 0 fully saturated rings. The number of carbonyl (C=O) groups is 2. The second kappa shape index (κ2) is 9.18. The highest BCUT2D eigenvalue weighted by Crippen LogP contribution is 2.50. The molecule has 3 heterocycles. The molecule has 1 aliphatic heterocycles. The minimum absolute atomic E-state index is 0.00939. The van der Waals surface area contributed by atoms with Gasteiger partial charge in [0.1, 0.15) is 5.82 Å². The molecule has 3 N–H and O–H groups in total. The van der Waals surface area contributed by atoms with Crippen LogP contribution >= 0.6 is 11.3 Å². The third-order valence-electron chi connectivity index (χ3n) is 7.31. The Hall–Kier alpha value is -4.37. The highest BCUT2D eigenvalue weighted by Gasteiger charge is 2.41. The van der Waals surface area contributed by atoms with Crippen LogP contribution in [0.15, 0.2) is 71.2 Å². The molecular formula is C29H25N3O5S. The molecule has 0 saturated heterocycles. The van der Waals surface area contributed by atoms with Gasteiger partial charge in [-0.25, -0.2) is 9.48 Å². The number of ketones is 1. The van der Waals surface area contributed by atoms with Crippen LogP contribution in [0.3, 0.4) is 0 Å². The summed E-state index contributed by atoms with van der Waals surface area (Å²) in [5.74, 6) is -0.457. The van der Waals surface area contributed by atoms with Gasteiger partial charge >= 0.3 is 5.97 Å². The summed E-state index contributed by atoms with van der Waals surface area (Å²) in [5, 5.41) is 30.4. The quantitative estimate of drug-likeness (QED) is 0.309. The zero-order valence-electron chi connectivity index (χ0n) is 20.8. The number of hydrogen-bond acceptors (Lipinski definition) is 7. The number of carboxylic acid groups (broad SMARTS) is 1. The molecule has 2 aliphatic rings. The molecule has 0 spiro atoms.